The molecule has 3 rings (SSSR count). The van der Waals surface area contributed by atoms with E-state index < -0.39 is 5.82 Å². The number of aromatic nitrogens is 3. The Morgan fingerprint density at radius 2 is 2.32 bits per heavy atom. The SMILES string of the molecule is CCCc1nc(C2CN(C(=O)COc3ccccc3F)CCO2)n[nH]1. The van der Waals surface area contributed by atoms with E-state index >= 15 is 0 Å². The van der Waals surface area contributed by atoms with Crippen molar-refractivity contribution in [2.24, 2.45) is 0 Å². The number of nitrogens with one attached hydrogen (secondary N) is 1. The van der Waals surface area contributed by atoms with Gasteiger partial charge in [-0.1, -0.05) is 19.1 Å². The molecule has 2 aromatic rings. The van der Waals surface area contributed by atoms with E-state index in [1.165, 1.54) is 12.1 Å². The average Bonchev–Trinajstić information content (AvgIpc) is 3.10. The molecule has 0 aliphatic carbocycles. The largest absolute Gasteiger partial charge is 0.481 e. The van der Waals surface area contributed by atoms with E-state index in [2.05, 4.69) is 22.1 Å². The van der Waals surface area contributed by atoms with Crippen molar-refractivity contribution in [3.63, 3.8) is 0 Å². The summed E-state index contributed by atoms with van der Waals surface area (Å²) in [6.45, 7) is 3.05. The molecule has 1 atom stereocenters. The smallest absolute Gasteiger partial charge is 0.260 e. The third-order valence-electron chi connectivity index (χ3n) is 3.93. The monoisotopic (exact) mass is 348 g/mol. The van der Waals surface area contributed by atoms with Gasteiger partial charge in [0.25, 0.3) is 5.91 Å². The molecule has 2 heterocycles. The van der Waals surface area contributed by atoms with Crippen LogP contribution in [-0.4, -0.2) is 52.3 Å². The molecule has 0 spiro atoms. The average molecular weight is 348 g/mol. The van der Waals surface area contributed by atoms with Gasteiger partial charge in [0.15, 0.2) is 24.0 Å². The summed E-state index contributed by atoms with van der Waals surface area (Å²) in [7, 11) is 0. The van der Waals surface area contributed by atoms with Gasteiger partial charge in [0.1, 0.15) is 11.9 Å². The van der Waals surface area contributed by atoms with Crippen molar-refractivity contribution in [3.05, 3.63) is 41.7 Å². The number of hydrogen-bond donors (Lipinski definition) is 1. The minimum absolute atomic E-state index is 0.0684. The molecule has 1 N–H and O–H groups in total. The van der Waals surface area contributed by atoms with Gasteiger partial charge in [-0.3, -0.25) is 9.89 Å². The number of aromatic amines is 1. The number of rotatable bonds is 6. The zero-order valence-corrected chi connectivity index (χ0v) is 14.1. The molecule has 1 aromatic heterocycles. The number of carbonyl (C=O) groups is 1. The molecule has 1 aliphatic rings. The van der Waals surface area contributed by atoms with Crippen LogP contribution in [0.3, 0.4) is 0 Å². The Kier molecular flexibility index (Phi) is 5.60. The normalized spacial score (nSPS) is 17.5. The number of para-hydroxylation sites is 1. The Morgan fingerprint density at radius 1 is 1.48 bits per heavy atom. The van der Waals surface area contributed by atoms with Gasteiger partial charge in [-0.25, -0.2) is 9.37 Å². The number of halogens is 1. The predicted molar refractivity (Wildman–Crippen MR) is 87.5 cm³/mol. The van der Waals surface area contributed by atoms with Gasteiger partial charge >= 0.3 is 0 Å². The fourth-order valence-electron chi connectivity index (χ4n) is 2.63. The standard InChI is InChI=1S/C17H21FN4O3/c1-2-5-15-19-17(21-20-15)14-10-22(8-9-24-14)16(23)11-25-13-7-4-3-6-12(13)18/h3-4,6-7,14H,2,5,8-11H2,1H3,(H,19,20,21). The van der Waals surface area contributed by atoms with E-state index in [1.807, 2.05) is 0 Å². The van der Waals surface area contributed by atoms with Gasteiger partial charge in [0, 0.05) is 13.0 Å². The molecule has 1 unspecified atom stereocenters. The highest BCUT2D eigenvalue weighted by Crippen LogP contribution is 2.20. The maximum atomic E-state index is 13.5. The highest BCUT2D eigenvalue weighted by Gasteiger charge is 2.28. The van der Waals surface area contributed by atoms with E-state index in [-0.39, 0.29) is 24.4 Å². The van der Waals surface area contributed by atoms with Crippen molar-refractivity contribution < 1.29 is 18.7 Å². The summed E-state index contributed by atoms with van der Waals surface area (Å²) in [5.74, 6) is 0.724. The van der Waals surface area contributed by atoms with Crippen LogP contribution in [0.5, 0.6) is 5.75 Å². The van der Waals surface area contributed by atoms with Crippen LogP contribution in [0, 0.1) is 5.82 Å². The number of benzene rings is 1. The van der Waals surface area contributed by atoms with Crippen LogP contribution < -0.4 is 4.74 Å². The number of aryl methyl sites for hydroxylation is 1. The molecular formula is C17H21FN4O3. The second-order valence-electron chi connectivity index (χ2n) is 5.81. The fourth-order valence-corrected chi connectivity index (χ4v) is 2.63. The summed E-state index contributed by atoms with van der Waals surface area (Å²) in [6, 6.07) is 6.01. The molecular weight excluding hydrogens is 327 g/mol. The van der Waals surface area contributed by atoms with Gasteiger partial charge in [-0.2, -0.15) is 5.10 Å². The van der Waals surface area contributed by atoms with Crippen LogP contribution in [0.4, 0.5) is 4.39 Å². The molecule has 1 amide bonds. The van der Waals surface area contributed by atoms with Gasteiger partial charge in [-0.05, 0) is 18.6 Å². The molecule has 1 aliphatic heterocycles. The molecule has 0 saturated carbocycles. The number of morpholine rings is 1. The van der Waals surface area contributed by atoms with Crippen LogP contribution in [0.25, 0.3) is 0 Å². The minimum Gasteiger partial charge on any atom is -0.481 e. The van der Waals surface area contributed by atoms with Crippen LogP contribution in [0.2, 0.25) is 0 Å². The topological polar surface area (TPSA) is 80.3 Å². The number of hydrogen-bond acceptors (Lipinski definition) is 5. The summed E-state index contributed by atoms with van der Waals surface area (Å²) < 4.78 is 24.5. The fraction of sp³-hybridized carbons (Fsp3) is 0.471. The Bertz CT molecular complexity index is 721. The van der Waals surface area contributed by atoms with Crippen LogP contribution in [0.15, 0.2) is 24.3 Å². The second kappa shape index (κ2) is 8.06. The first kappa shape index (κ1) is 17.3. The third kappa shape index (κ3) is 4.33. The van der Waals surface area contributed by atoms with Gasteiger partial charge < -0.3 is 14.4 Å². The van der Waals surface area contributed by atoms with Crippen molar-refractivity contribution in [3.8, 4) is 5.75 Å². The van der Waals surface area contributed by atoms with Crippen molar-refractivity contribution in [2.45, 2.75) is 25.9 Å². The zero-order valence-electron chi connectivity index (χ0n) is 14.1. The third-order valence-corrected chi connectivity index (χ3v) is 3.93. The zero-order chi connectivity index (χ0) is 17.6. The molecule has 1 saturated heterocycles. The Morgan fingerprint density at radius 3 is 3.12 bits per heavy atom. The minimum atomic E-state index is -0.487. The second-order valence-corrected chi connectivity index (χ2v) is 5.81. The molecule has 0 radical (unpaired) electrons. The molecule has 0 bridgehead atoms. The molecule has 134 valence electrons. The van der Waals surface area contributed by atoms with Crippen LogP contribution in [-0.2, 0) is 16.0 Å². The van der Waals surface area contributed by atoms with Gasteiger partial charge in [0.2, 0.25) is 0 Å². The number of ether oxygens (including phenoxy) is 2. The van der Waals surface area contributed by atoms with Crippen molar-refractivity contribution in [2.75, 3.05) is 26.3 Å². The summed E-state index contributed by atoms with van der Waals surface area (Å²) in [5, 5.41) is 7.07. The number of amides is 1. The first-order valence-corrected chi connectivity index (χ1v) is 8.35. The number of H-pyrrole nitrogens is 1. The first-order valence-electron chi connectivity index (χ1n) is 8.35. The molecule has 1 aromatic carbocycles. The number of nitrogens with zero attached hydrogens (tertiary/aromatic N) is 3. The van der Waals surface area contributed by atoms with Crippen molar-refractivity contribution >= 4 is 5.91 Å². The molecule has 25 heavy (non-hydrogen) atoms. The van der Waals surface area contributed by atoms with E-state index in [0.717, 1.165) is 18.7 Å². The lowest BCUT2D eigenvalue weighted by molar-refractivity contribution is -0.141. The first-order chi connectivity index (χ1) is 12.2. The van der Waals surface area contributed by atoms with E-state index in [1.54, 1.807) is 17.0 Å². The van der Waals surface area contributed by atoms with E-state index in [9.17, 15) is 9.18 Å². The van der Waals surface area contributed by atoms with Crippen LogP contribution in [0.1, 0.15) is 31.1 Å². The lowest BCUT2D eigenvalue weighted by Crippen LogP contribution is -2.44. The summed E-state index contributed by atoms with van der Waals surface area (Å²) in [4.78, 5) is 18.4. The van der Waals surface area contributed by atoms with E-state index in [0.29, 0.717) is 25.5 Å². The van der Waals surface area contributed by atoms with Gasteiger partial charge in [0.05, 0.1) is 13.2 Å². The quantitative estimate of drug-likeness (QED) is 0.862. The summed E-state index contributed by atoms with van der Waals surface area (Å²) in [6.07, 6.45) is 1.42. The van der Waals surface area contributed by atoms with Gasteiger partial charge in [-0.15, -0.1) is 0 Å². The number of carbonyl (C=O) groups excluding carboxylic acids is 1. The highest BCUT2D eigenvalue weighted by molar-refractivity contribution is 5.77. The maximum absolute atomic E-state index is 13.5. The molecule has 8 heteroatoms. The summed E-state index contributed by atoms with van der Waals surface area (Å²) >= 11 is 0. The lowest BCUT2D eigenvalue weighted by Gasteiger charge is -2.31. The maximum Gasteiger partial charge on any atom is 0.260 e. The summed E-state index contributed by atoms with van der Waals surface area (Å²) in [5.41, 5.74) is 0. The van der Waals surface area contributed by atoms with Crippen molar-refractivity contribution in [1.29, 1.82) is 0 Å². The predicted octanol–water partition coefficient (Wildman–Crippen LogP) is 1.88. The Hall–Kier alpha value is -2.48. The molecule has 1 fully saturated rings. The highest BCUT2D eigenvalue weighted by atomic mass is 19.1. The lowest BCUT2D eigenvalue weighted by atomic mass is 10.2. The molecule has 7 nitrogen and oxygen atoms in total. The Labute approximate surface area is 145 Å². The van der Waals surface area contributed by atoms with E-state index in [4.69, 9.17) is 9.47 Å². The van der Waals surface area contributed by atoms with Crippen molar-refractivity contribution in [1.82, 2.24) is 20.1 Å². The van der Waals surface area contributed by atoms with Crippen LogP contribution >= 0.6 is 0 Å². The Balaban J connectivity index is 1.56.